The SMILES string of the molecule is Cc1c(-c2c(F)ccc(Br)c2F)[nH]c(C(C)(C)C)nc1=S. The first-order valence-corrected chi connectivity index (χ1v) is 7.58. The monoisotopic (exact) mass is 372 g/mol. The van der Waals surface area contributed by atoms with Crippen LogP contribution in [0.2, 0.25) is 0 Å². The van der Waals surface area contributed by atoms with Crippen LogP contribution >= 0.6 is 28.1 Å². The average Bonchev–Trinajstić information content (AvgIpc) is 2.38. The number of aromatic nitrogens is 2. The van der Waals surface area contributed by atoms with Crippen molar-refractivity contribution in [3.05, 3.63) is 44.3 Å². The van der Waals surface area contributed by atoms with Gasteiger partial charge in [-0.15, -0.1) is 0 Å². The fourth-order valence-electron chi connectivity index (χ4n) is 1.89. The summed E-state index contributed by atoms with van der Waals surface area (Å²) in [5.41, 5.74) is 0.445. The molecule has 1 heterocycles. The summed E-state index contributed by atoms with van der Waals surface area (Å²) in [5.74, 6) is -0.711. The Morgan fingerprint density at radius 2 is 1.86 bits per heavy atom. The Morgan fingerprint density at radius 3 is 2.43 bits per heavy atom. The molecule has 0 unspecified atom stereocenters. The molecule has 1 aromatic heterocycles. The fourth-order valence-corrected chi connectivity index (χ4v) is 2.42. The predicted octanol–water partition coefficient (Wildman–Crippen LogP) is 5.45. The molecule has 2 nitrogen and oxygen atoms in total. The molecular formula is C15H15BrF2N2S. The Morgan fingerprint density at radius 1 is 1.24 bits per heavy atom. The molecule has 0 atom stereocenters. The number of halogens is 3. The first-order valence-electron chi connectivity index (χ1n) is 6.38. The van der Waals surface area contributed by atoms with Crippen LogP contribution in [0.25, 0.3) is 11.3 Å². The van der Waals surface area contributed by atoms with Crippen molar-refractivity contribution in [1.82, 2.24) is 9.97 Å². The van der Waals surface area contributed by atoms with Gasteiger partial charge >= 0.3 is 0 Å². The van der Waals surface area contributed by atoms with Crippen LogP contribution in [0.4, 0.5) is 8.78 Å². The van der Waals surface area contributed by atoms with E-state index in [0.29, 0.717) is 21.7 Å². The maximum Gasteiger partial charge on any atom is 0.149 e. The van der Waals surface area contributed by atoms with Gasteiger partial charge in [0.05, 0.1) is 15.7 Å². The van der Waals surface area contributed by atoms with Crippen LogP contribution in [0.15, 0.2) is 16.6 Å². The Labute approximate surface area is 135 Å². The summed E-state index contributed by atoms with van der Waals surface area (Å²) in [6.07, 6.45) is 0. The maximum atomic E-state index is 14.3. The number of hydrogen-bond acceptors (Lipinski definition) is 2. The van der Waals surface area contributed by atoms with E-state index in [2.05, 4.69) is 25.9 Å². The molecule has 6 heteroatoms. The van der Waals surface area contributed by atoms with Crippen LogP contribution in [0, 0.1) is 23.2 Å². The van der Waals surface area contributed by atoms with Gasteiger partial charge in [0, 0.05) is 11.0 Å². The summed E-state index contributed by atoms with van der Waals surface area (Å²) in [4.78, 5) is 7.35. The molecular weight excluding hydrogens is 358 g/mol. The molecule has 0 aliphatic rings. The van der Waals surface area contributed by atoms with Crippen LogP contribution in [0.1, 0.15) is 32.2 Å². The average molecular weight is 373 g/mol. The second-order valence-electron chi connectivity index (χ2n) is 5.86. The molecule has 0 aliphatic carbocycles. The molecule has 21 heavy (non-hydrogen) atoms. The minimum atomic E-state index is -0.658. The molecule has 1 N–H and O–H groups in total. The van der Waals surface area contributed by atoms with Gasteiger partial charge in [-0.25, -0.2) is 13.8 Å². The van der Waals surface area contributed by atoms with E-state index in [-0.39, 0.29) is 15.5 Å². The van der Waals surface area contributed by atoms with E-state index < -0.39 is 11.6 Å². The molecule has 0 saturated heterocycles. The normalized spacial score (nSPS) is 11.8. The van der Waals surface area contributed by atoms with Gasteiger partial charge in [0.2, 0.25) is 0 Å². The fraction of sp³-hybridized carbons (Fsp3) is 0.333. The zero-order valence-corrected chi connectivity index (χ0v) is 14.5. The standard InChI is InChI=1S/C15H15BrF2N2S/c1-7-12(10-9(17)6-5-8(16)11(10)18)19-14(15(2,3)4)20-13(7)21/h5-6H,1-4H3,(H,19,20,21). The molecule has 0 fully saturated rings. The first kappa shape index (κ1) is 16.2. The van der Waals surface area contributed by atoms with Crippen molar-refractivity contribution in [3.8, 4) is 11.3 Å². The van der Waals surface area contributed by atoms with Crippen LogP contribution in [-0.4, -0.2) is 9.97 Å². The number of H-pyrrole nitrogens is 1. The lowest BCUT2D eigenvalue weighted by Gasteiger charge is -2.20. The van der Waals surface area contributed by atoms with Crippen molar-refractivity contribution in [2.24, 2.45) is 0 Å². The van der Waals surface area contributed by atoms with Gasteiger partial charge in [-0.2, -0.15) is 0 Å². The third-order valence-electron chi connectivity index (χ3n) is 3.16. The van der Waals surface area contributed by atoms with E-state index >= 15 is 0 Å². The lowest BCUT2D eigenvalue weighted by molar-refractivity contribution is 0.542. The second kappa shape index (κ2) is 5.57. The first-order chi connectivity index (χ1) is 9.62. The third kappa shape index (κ3) is 3.06. The molecule has 0 radical (unpaired) electrons. The molecule has 2 aromatic rings. The highest BCUT2D eigenvalue weighted by Crippen LogP contribution is 2.32. The van der Waals surface area contributed by atoms with Gasteiger partial charge in [-0.1, -0.05) is 33.0 Å². The van der Waals surface area contributed by atoms with Crippen molar-refractivity contribution < 1.29 is 8.78 Å². The highest BCUT2D eigenvalue weighted by Gasteiger charge is 2.22. The summed E-state index contributed by atoms with van der Waals surface area (Å²) < 4.78 is 29.0. The molecule has 0 aliphatic heterocycles. The number of hydrogen-bond donors (Lipinski definition) is 1. The van der Waals surface area contributed by atoms with Crippen LogP contribution in [-0.2, 0) is 5.41 Å². The van der Waals surface area contributed by atoms with E-state index in [1.807, 2.05) is 20.8 Å². The summed E-state index contributed by atoms with van der Waals surface area (Å²) >= 11 is 8.31. The maximum absolute atomic E-state index is 14.3. The second-order valence-corrected chi connectivity index (χ2v) is 7.10. The molecule has 0 amide bonds. The largest absolute Gasteiger partial charge is 0.342 e. The number of benzene rings is 1. The van der Waals surface area contributed by atoms with Crippen molar-refractivity contribution >= 4 is 28.1 Å². The smallest absolute Gasteiger partial charge is 0.149 e. The molecule has 0 spiro atoms. The highest BCUT2D eigenvalue weighted by molar-refractivity contribution is 9.10. The van der Waals surface area contributed by atoms with Crippen molar-refractivity contribution in [1.29, 1.82) is 0 Å². The quantitative estimate of drug-likeness (QED) is 0.532. The topological polar surface area (TPSA) is 28.7 Å². The number of nitrogens with zero attached hydrogens (tertiary/aromatic N) is 1. The van der Waals surface area contributed by atoms with Gasteiger partial charge in [0.15, 0.2) is 0 Å². The zero-order chi connectivity index (χ0) is 15.9. The lowest BCUT2D eigenvalue weighted by atomic mass is 9.95. The van der Waals surface area contributed by atoms with Gasteiger partial charge < -0.3 is 4.98 Å². The predicted molar refractivity (Wildman–Crippen MR) is 85.9 cm³/mol. The van der Waals surface area contributed by atoms with E-state index in [1.54, 1.807) is 6.92 Å². The van der Waals surface area contributed by atoms with Gasteiger partial charge in [-0.3, -0.25) is 0 Å². The third-order valence-corrected chi connectivity index (χ3v) is 4.17. The number of nitrogens with one attached hydrogen (secondary N) is 1. The Bertz CT molecular complexity index is 763. The van der Waals surface area contributed by atoms with Gasteiger partial charge in [-0.05, 0) is 35.0 Å². The Kier molecular flexibility index (Phi) is 4.31. The Balaban J connectivity index is 2.85. The van der Waals surface area contributed by atoms with Crippen LogP contribution in [0.5, 0.6) is 0 Å². The molecule has 2 rings (SSSR count). The Hall–Kier alpha value is -1.14. The van der Waals surface area contributed by atoms with Gasteiger partial charge in [0.25, 0.3) is 0 Å². The zero-order valence-electron chi connectivity index (χ0n) is 12.1. The van der Waals surface area contributed by atoms with Crippen molar-refractivity contribution in [3.63, 3.8) is 0 Å². The summed E-state index contributed by atoms with van der Waals surface area (Å²) in [7, 11) is 0. The molecule has 0 bridgehead atoms. The minimum absolute atomic E-state index is 0.124. The van der Waals surface area contributed by atoms with Crippen molar-refractivity contribution in [2.45, 2.75) is 33.1 Å². The summed E-state index contributed by atoms with van der Waals surface area (Å²) in [5, 5.41) is 0. The summed E-state index contributed by atoms with van der Waals surface area (Å²) in [6.45, 7) is 7.56. The minimum Gasteiger partial charge on any atom is -0.342 e. The number of rotatable bonds is 1. The molecule has 1 aromatic carbocycles. The van der Waals surface area contributed by atoms with Crippen LogP contribution in [0.3, 0.4) is 0 Å². The van der Waals surface area contributed by atoms with E-state index in [0.717, 1.165) is 0 Å². The van der Waals surface area contributed by atoms with Crippen molar-refractivity contribution in [2.75, 3.05) is 0 Å². The lowest BCUT2D eigenvalue weighted by Crippen LogP contribution is -2.17. The number of aromatic amines is 1. The summed E-state index contributed by atoms with van der Waals surface area (Å²) in [6, 6.07) is 2.56. The van der Waals surface area contributed by atoms with Gasteiger partial charge in [0.1, 0.15) is 22.1 Å². The molecule has 0 saturated carbocycles. The van der Waals surface area contributed by atoms with Crippen LogP contribution < -0.4 is 0 Å². The highest BCUT2D eigenvalue weighted by atomic mass is 79.9. The van der Waals surface area contributed by atoms with E-state index in [4.69, 9.17) is 12.2 Å². The molecule has 112 valence electrons. The van der Waals surface area contributed by atoms with E-state index in [1.165, 1.54) is 12.1 Å². The van der Waals surface area contributed by atoms with E-state index in [9.17, 15) is 8.78 Å².